The van der Waals surface area contributed by atoms with E-state index in [1.54, 1.807) is 0 Å². The molecular formula is C13H21N3O3. The van der Waals surface area contributed by atoms with E-state index in [2.05, 4.69) is 28.4 Å². The van der Waals surface area contributed by atoms with Gasteiger partial charge in [-0.05, 0) is 25.9 Å². The van der Waals surface area contributed by atoms with Crippen LogP contribution in [0.4, 0.5) is 4.79 Å². The van der Waals surface area contributed by atoms with E-state index in [0.29, 0.717) is 0 Å². The molecule has 6 heteroatoms. The van der Waals surface area contributed by atoms with Gasteiger partial charge < -0.3 is 20.6 Å². The van der Waals surface area contributed by atoms with Gasteiger partial charge in [0.2, 0.25) is 0 Å². The topological polar surface area (TPSA) is 81.7 Å². The largest absolute Gasteiger partial charge is 0.480 e. The molecule has 0 aromatic rings. The van der Waals surface area contributed by atoms with Crippen molar-refractivity contribution in [3.63, 3.8) is 0 Å². The lowest BCUT2D eigenvalue weighted by Gasteiger charge is -2.32. The number of likely N-dealkylation sites (N-methyl/N-ethyl adjacent to an activating group) is 1. The van der Waals surface area contributed by atoms with Gasteiger partial charge in [-0.1, -0.05) is 6.92 Å². The third kappa shape index (κ3) is 5.18. The van der Waals surface area contributed by atoms with Gasteiger partial charge in [0, 0.05) is 19.0 Å². The summed E-state index contributed by atoms with van der Waals surface area (Å²) in [6.45, 7) is 4.88. The second-order valence-corrected chi connectivity index (χ2v) is 4.65. The summed E-state index contributed by atoms with van der Waals surface area (Å²) in [4.78, 5) is 24.8. The summed E-state index contributed by atoms with van der Waals surface area (Å²) >= 11 is 0. The van der Waals surface area contributed by atoms with E-state index in [-0.39, 0.29) is 12.5 Å². The normalized spacial score (nSPS) is 21.2. The van der Waals surface area contributed by atoms with Crippen LogP contribution in [0.15, 0.2) is 0 Å². The first kappa shape index (κ1) is 15.3. The van der Waals surface area contributed by atoms with Gasteiger partial charge in [0.05, 0.1) is 0 Å². The number of urea groups is 1. The lowest BCUT2D eigenvalue weighted by Crippen LogP contribution is -2.53. The van der Waals surface area contributed by atoms with Crippen LogP contribution in [0.3, 0.4) is 0 Å². The minimum absolute atomic E-state index is 0.0193. The van der Waals surface area contributed by atoms with Gasteiger partial charge in [-0.3, -0.25) is 0 Å². The van der Waals surface area contributed by atoms with Gasteiger partial charge in [0.15, 0.2) is 0 Å². The Labute approximate surface area is 113 Å². The zero-order valence-electron chi connectivity index (χ0n) is 11.2. The molecule has 1 saturated heterocycles. The van der Waals surface area contributed by atoms with Gasteiger partial charge in [0.25, 0.3) is 0 Å². The highest BCUT2D eigenvalue weighted by atomic mass is 16.4. The number of piperidine rings is 1. The molecule has 0 spiro atoms. The van der Waals surface area contributed by atoms with Crippen LogP contribution in [0.25, 0.3) is 0 Å². The highest BCUT2D eigenvalue weighted by molar-refractivity contribution is 5.82. The third-order valence-corrected chi connectivity index (χ3v) is 3.21. The highest BCUT2D eigenvalue weighted by Crippen LogP contribution is 2.09. The summed E-state index contributed by atoms with van der Waals surface area (Å²) in [7, 11) is 0. The number of carboxylic acid groups (broad SMARTS) is 1. The Morgan fingerprint density at radius 1 is 1.58 bits per heavy atom. The van der Waals surface area contributed by atoms with Crippen molar-refractivity contribution in [1.29, 1.82) is 0 Å². The fraction of sp³-hybridized carbons (Fsp3) is 0.692. The number of aliphatic carboxylic acids is 1. The monoisotopic (exact) mass is 267 g/mol. The molecule has 19 heavy (non-hydrogen) atoms. The van der Waals surface area contributed by atoms with Gasteiger partial charge in [0.1, 0.15) is 6.04 Å². The summed E-state index contributed by atoms with van der Waals surface area (Å²) in [6, 6.07) is -1.43. The maximum atomic E-state index is 11.7. The number of nitrogens with zero attached hydrogens (tertiary/aromatic N) is 1. The van der Waals surface area contributed by atoms with Crippen molar-refractivity contribution in [3.05, 3.63) is 0 Å². The SMILES string of the molecule is C#CCC(NC(=O)NC1CCCN(CC)C1)C(=O)O. The maximum absolute atomic E-state index is 11.7. The van der Waals surface area contributed by atoms with Crippen molar-refractivity contribution in [2.75, 3.05) is 19.6 Å². The fourth-order valence-corrected chi connectivity index (χ4v) is 2.16. The molecule has 2 atom stereocenters. The summed E-state index contributed by atoms with van der Waals surface area (Å²) < 4.78 is 0. The number of amides is 2. The lowest BCUT2D eigenvalue weighted by molar-refractivity contribution is -0.139. The van der Waals surface area contributed by atoms with E-state index in [1.807, 2.05) is 0 Å². The first-order valence-electron chi connectivity index (χ1n) is 6.52. The lowest BCUT2D eigenvalue weighted by atomic mass is 10.1. The molecular weight excluding hydrogens is 246 g/mol. The van der Waals surface area contributed by atoms with E-state index in [0.717, 1.165) is 32.5 Å². The van der Waals surface area contributed by atoms with Gasteiger partial charge >= 0.3 is 12.0 Å². The molecule has 1 aliphatic heterocycles. The molecule has 2 amide bonds. The minimum Gasteiger partial charge on any atom is -0.480 e. The molecule has 1 aliphatic rings. The first-order valence-corrected chi connectivity index (χ1v) is 6.52. The summed E-state index contributed by atoms with van der Waals surface area (Å²) in [6.07, 6.45) is 7.00. The molecule has 1 heterocycles. The van der Waals surface area contributed by atoms with E-state index < -0.39 is 18.0 Å². The number of nitrogens with one attached hydrogen (secondary N) is 2. The third-order valence-electron chi connectivity index (χ3n) is 3.21. The molecule has 1 fully saturated rings. The summed E-state index contributed by atoms with van der Waals surface area (Å²) in [5, 5.41) is 14.1. The first-order chi connectivity index (χ1) is 9.06. The molecule has 2 unspecified atom stereocenters. The number of carboxylic acids is 1. The molecule has 0 saturated carbocycles. The van der Waals surface area contributed by atoms with Crippen LogP contribution in [0.2, 0.25) is 0 Å². The quantitative estimate of drug-likeness (QED) is 0.624. The molecule has 106 valence electrons. The van der Waals surface area contributed by atoms with Crippen LogP contribution in [0.1, 0.15) is 26.2 Å². The van der Waals surface area contributed by atoms with Crippen LogP contribution < -0.4 is 10.6 Å². The van der Waals surface area contributed by atoms with Crippen molar-refractivity contribution >= 4 is 12.0 Å². The number of likely N-dealkylation sites (tertiary alicyclic amines) is 1. The van der Waals surface area contributed by atoms with Crippen molar-refractivity contribution in [2.24, 2.45) is 0 Å². The Hall–Kier alpha value is -1.74. The van der Waals surface area contributed by atoms with Crippen LogP contribution in [0.5, 0.6) is 0 Å². The van der Waals surface area contributed by atoms with E-state index >= 15 is 0 Å². The minimum atomic E-state index is -1.12. The van der Waals surface area contributed by atoms with Crippen molar-refractivity contribution in [2.45, 2.75) is 38.3 Å². The van der Waals surface area contributed by atoms with Gasteiger partial charge in [-0.15, -0.1) is 12.3 Å². The molecule has 6 nitrogen and oxygen atoms in total. The van der Waals surface area contributed by atoms with Crippen molar-refractivity contribution in [1.82, 2.24) is 15.5 Å². The van der Waals surface area contributed by atoms with Crippen LogP contribution in [-0.4, -0.2) is 53.7 Å². The number of hydrogen-bond acceptors (Lipinski definition) is 3. The number of hydrogen-bond donors (Lipinski definition) is 3. The fourth-order valence-electron chi connectivity index (χ4n) is 2.16. The van der Waals surface area contributed by atoms with Crippen molar-refractivity contribution < 1.29 is 14.7 Å². The molecule has 0 aromatic carbocycles. The van der Waals surface area contributed by atoms with Gasteiger partial charge in [-0.25, -0.2) is 9.59 Å². The van der Waals surface area contributed by atoms with E-state index in [4.69, 9.17) is 11.5 Å². The molecule has 0 aliphatic carbocycles. The molecule has 0 aromatic heterocycles. The number of terminal acetylenes is 1. The Morgan fingerprint density at radius 3 is 2.89 bits per heavy atom. The standard InChI is InChI=1S/C13H21N3O3/c1-3-6-11(12(17)18)15-13(19)14-10-7-5-8-16(4-2)9-10/h1,10-11H,4-9H2,2H3,(H,17,18)(H2,14,15,19). The number of carbonyl (C=O) groups excluding carboxylic acids is 1. The predicted octanol–water partition coefficient (Wildman–Crippen LogP) is 0.246. The summed E-state index contributed by atoms with van der Waals surface area (Å²) in [5.41, 5.74) is 0. The smallest absolute Gasteiger partial charge is 0.327 e. The molecule has 0 bridgehead atoms. The predicted molar refractivity (Wildman–Crippen MR) is 71.7 cm³/mol. The average Bonchev–Trinajstić information content (AvgIpc) is 2.38. The average molecular weight is 267 g/mol. The second-order valence-electron chi connectivity index (χ2n) is 4.65. The summed E-state index contributed by atoms with van der Waals surface area (Å²) in [5.74, 6) is 1.12. The zero-order chi connectivity index (χ0) is 14.3. The Kier molecular flexibility index (Phi) is 6.16. The second kappa shape index (κ2) is 7.64. The van der Waals surface area contributed by atoms with Crippen LogP contribution >= 0.6 is 0 Å². The highest BCUT2D eigenvalue weighted by Gasteiger charge is 2.23. The molecule has 0 radical (unpaired) electrons. The van der Waals surface area contributed by atoms with Gasteiger partial charge in [-0.2, -0.15) is 0 Å². The van der Waals surface area contributed by atoms with E-state index in [9.17, 15) is 9.59 Å². The van der Waals surface area contributed by atoms with E-state index in [1.165, 1.54) is 0 Å². The Bertz CT molecular complexity index is 365. The Morgan fingerprint density at radius 2 is 2.32 bits per heavy atom. The number of carbonyl (C=O) groups is 2. The zero-order valence-corrected chi connectivity index (χ0v) is 11.2. The number of rotatable bonds is 5. The maximum Gasteiger partial charge on any atom is 0.327 e. The van der Waals surface area contributed by atoms with Crippen molar-refractivity contribution in [3.8, 4) is 12.3 Å². The van der Waals surface area contributed by atoms with Crippen LogP contribution in [0, 0.1) is 12.3 Å². The molecule has 3 N–H and O–H groups in total. The molecule has 1 rings (SSSR count). The van der Waals surface area contributed by atoms with Crippen LogP contribution in [-0.2, 0) is 4.79 Å². The Balaban J connectivity index is 2.41.